The molecule has 3 aliphatic rings. The highest BCUT2D eigenvalue weighted by Gasteiger charge is 2.66. The van der Waals surface area contributed by atoms with Gasteiger partial charge in [0.2, 0.25) is 5.91 Å². The molecule has 172 valence electrons. The van der Waals surface area contributed by atoms with Gasteiger partial charge in [0.1, 0.15) is 6.61 Å². The van der Waals surface area contributed by atoms with Crippen LogP contribution in [-0.2, 0) is 14.3 Å². The zero-order chi connectivity index (χ0) is 23.2. The number of hydrogen-bond donors (Lipinski definition) is 2. The summed E-state index contributed by atoms with van der Waals surface area (Å²) in [6, 6.07) is 16.0. The van der Waals surface area contributed by atoms with Gasteiger partial charge in [-0.1, -0.05) is 55.5 Å². The van der Waals surface area contributed by atoms with E-state index >= 15 is 0 Å². The number of aliphatic carboxylic acids is 1. The van der Waals surface area contributed by atoms with Crippen molar-refractivity contribution in [2.75, 3.05) is 19.7 Å². The maximum absolute atomic E-state index is 12.7. The van der Waals surface area contributed by atoms with E-state index in [4.69, 9.17) is 4.74 Å². The van der Waals surface area contributed by atoms with Gasteiger partial charge in [-0.2, -0.15) is 0 Å². The Labute approximate surface area is 192 Å². The second kappa shape index (κ2) is 8.21. The van der Waals surface area contributed by atoms with E-state index in [1.807, 2.05) is 31.2 Å². The summed E-state index contributed by atoms with van der Waals surface area (Å²) in [5.41, 5.74) is 3.89. The lowest BCUT2D eigenvalue weighted by Gasteiger charge is -2.23. The SMILES string of the molecule is CCC(CC(=O)N1CC2CC2(C(=O)O)C1)NC(=O)OCC1c2ccccc2-c2ccccc21. The van der Waals surface area contributed by atoms with E-state index < -0.39 is 17.5 Å². The molecule has 1 saturated carbocycles. The molecule has 1 heterocycles. The lowest BCUT2D eigenvalue weighted by atomic mass is 9.98. The monoisotopic (exact) mass is 448 g/mol. The van der Waals surface area contributed by atoms with Crippen molar-refractivity contribution in [3.63, 3.8) is 0 Å². The molecule has 1 saturated heterocycles. The zero-order valence-electron chi connectivity index (χ0n) is 18.6. The van der Waals surface area contributed by atoms with E-state index in [1.165, 1.54) is 11.1 Å². The first-order valence-electron chi connectivity index (χ1n) is 11.6. The van der Waals surface area contributed by atoms with E-state index in [9.17, 15) is 19.5 Å². The van der Waals surface area contributed by atoms with Crippen LogP contribution in [0.25, 0.3) is 11.1 Å². The highest BCUT2D eigenvalue weighted by molar-refractivity contribution is 5.84. The number of ether oxygens (including phenoxy) is 1. The summed E-state index contributed by atoms with van der Waals surface area (Å²) in [6.07, 6.45) is 0.838. The van der Waals surface area contributed by atoms with Crippen molar-refractivity contribution in [1.29, 1.82) is 0 Å². The summed E-state index contributed by atoms with van der Waals surface area (Å²) in [7, 11) is 0. The van der Waals surface area contributed by atoms with Crippen molar-refractivity contribution in [2.45, 2.75) is 38.1 Å². The first-order valence-corrected chi connectivity index (χ1v) is 11.6. The summed E-state index contributed by atoms with van der Waals surface area (Å²) in [4.78, 5) is 38.4. The fourth-order valence-corrected chi connectivity index (χ4v) is 5.45. The lowest BCUT2D eigenvalue weighted by molar-refractivity contribution is -0.144. The zero-order valence-corrected chi connectivity index (χ0v) is 18.6. The topological polar surface area (TPSA) is 95.9 Å². The molecule has 5 rings (SSSR count). The lowest BCUT2D eigenvalue weighted by Crippen LogP contribution is -2.41. The summed E-state index contributed by atoms with van der Waals surface area (Å²) >= 11 is 0. The fourth-order valence-electron chi connectivity index (χ4n) is 5.45. The van der Waals surface area contributed by atoms with Crippen molar-refractivity contribution < 1.29 is 24.2 Å². The third-order valence-corrected chi connectivity index (χ3v) is 7.50. The standard InChI is InChI=1S/C26H28N2O5/c1-2-17(11-23(29)28-13-16-12-26(16,15-28)24(30)31)27-25(32)33-14-22-20-9-5-3-7-18(20)19-8-4-6-10-21(19)22/h3-10,16-17,22H,2,11-15H2,1H3,(H,27,32)(H,30,31). The number of carbonyl (C=O) groups excluding carboxylic acids is 2. The maximum Gasteiger partial charge on any atom is 0.407 e. The molecule has 2 N–H and O–H groups in total. The van der Waals surface area contributed by atoms with Crippen LogP contribution in [0, 0.1) is 11.3 Å². The number of nitrogens with one attached hydrogen (secondary N) is 1. The molecule has 0 bridgehead atoms. The molecule has 0 aromatic heterocycles. The van der Waals surface area contributed by atoms with Gasteiger partial charge in [-0.25, -0.2) is 4.79 Å². The third kappa shape index (κ3) is 3.75. The fraction of sp³-hybridized carbons (Fsp3) is 0.423. The molecular formula is C26H28N2O5. The molecule has 0 spiro atoms. The minimum Gasteiger partial charge on any atom is -0.481 e. The number of carboxylic acid groups (broad SMARTS) is 1. The third-order valence-electron chi connectivity index (χ3n) is 7.50. The van der Waals surface area contributed by atoms with E-state index in [0.29, 0.717) is 19.4 Å². The molecule has 7 heteroatoms. The molecule has 7 nitrogen and oxygen atoms in total. The largest absolute Gasteiger partial charge is 0.481 e. The highest BCUT2D eigenvalue weighted by atomic mass is 16.5. The summed E-state index contributed by atoms with van der Waals surface area (Å²) in [5.74, 6) is -0.886. The number of carboxylic acids is 1. The predicted octanol–water partition coefficient (Wildman–Crippen LogP) is 3.63. The predicted molar refractivity (Wildman–Crippen MR) is 122 cm³/mol. The second-order valence-corrected chi connectivity index (χ2v) is 9.42. The van der Waals surface area contributed by atoms with Crippen molar-refractivity contribution >= 4 is 18.0 Å². The van der Waals surface area contributed by atoms with Crippen LogP contribution >= 0.6 is 0 Å². The van der Waals surface area contributed by atoms with Crippen molar-refractivity contribution in [3.8, 4) is 11.1 Å². The van der Waals surface area contributed by atoms with E-state index in [-0.39, 0.29) is 43.4 Å². The first-order chi connectivity index (χ1) is 15.9. The number of likely N-dealkylation sites (tertiary alicyclic amines) is 1. The minimum absolute atomic E-state index is 0.0200. The van der Waals surface area contributed by atoms with Gasteiger partial charge in [0.25, 0.3) is 0 Å². The number of rotatable bonds is 7. The molecule has 2 fully saturated rings. The Hall–Kier alpha value is -3.35. The molecule has 2 amide bonds. The Morgan fingerprint density at radius 3 is 2.33 bits per heavy atom. The van der Waals surface area contributed by atoms with Gasteiger partial charge in [0.15, 0.2) is 0 Å². The average Bonchev–Trinajstić information content (AvgIpc) is 3.25. The Bertz CT molecular complexity index is 1070. The number of piperidine rings is 1. The van der Waals surface area contributed by atoms with Gasteiger partial charge in [-0.3, -0.25) is 9.59 Å². The van der Waals surface area contributed by atoms with E-state index in [0.717, 1.165) is 11.1 Å². The first kappa shape index (κ1) is 21.5. The van der Waals surface area contributed by atoms with Gasteiger partial charge in [-0.15, -0.1) is 0 Å². The van der Waals surface area contributed by atoms with Crippen molar-refractivity contribution in [3.05, 3.63) is 59.7 Å². The number of nitrogens with zero attached hydrogens (tertiary/aromatic N) is 1. The molecule has 1 aliphatic heterocycles. The Morgan fingerprint density at radius 2 is 1.76 bits per heavy atom. The quantitative estimate of drug-likeness (QED) is 0.674. The van der Waals surface area contributed by atoms with Crippen LogP contribution in [0.15, 0.2) is 48.5 Å². The number of hydrogen-bond acceptors (Lipinski definition) is 4. The van der Waals surface area contributed by atoms with E-state index in [1.54, 1.807) is 4.90 Å². The number of benzene rings is 2. The van der Waals surface area contributed by atoms with Gasteiger partial charge in [0, 0.05) is 31.5 Å². The molecule has 2 aromatic rings. The number of alkyl carbamates (subject to hydrolysis) is 1. The van der Waals surface area contributed by atoms with Crippen LogP contribution in [0.2, 0.25) is 0 Å². The van der Waals surface area contributed by atoms with Gasteiger partial charge < -0.3 is 20.1 Å². The summed E-state index contributed by atoms with van der Waals surface area (Å²) < 4.78 is 5.60. The molecule has 3 atom stereocenters. The normalized spacial score (nSPS) is 23.3. The highest BCUT2D eigenvalue weighted by Crippen LogP contribution is 2.58. The Balaban J connectivity index is 1.16. The molecule has 33 heavy (non-hydrogen) atoms. The minimum atomic E-state index is -0.813. The molecule has 0 radical (unpaired) electrons. The molecule has 2 aliphatic carbocycles. The van der Waals surface area contributed by atoms with Crippen LogP contribution in [0.5, 0.6) is 0 Å². The number of fused-ring (bicyclic) bond motifs is 4. The smallest absolute Gasteiger partial charge is 0.407 e. The molecular weight excluding hydrogens is 420 g/mol. The number of amides is 2. The van der Waals surface area contributed by atoms with Crippen LogP contribution in [0.1, 0.15) is 43.2 Å². The maximum atomic E-state index is 12.7. The molecule has 3 unspecified atom stereocenters. The summed E-state index contributed by atoms with van der Waals surface area (Å²) in [6.45, 7) is 2.89. The van der Waals surface area contributed by atoms with Gasteiger partial charge >= 0.3 is 12.1 Å². The van der Waals surface area contributed by atoms with Crippen LogP contribution in [0.4, 0.5) is 4.79 Å². The molecule has 2 aromatic carbocycles. The van der Waals surface area contributed by atoms with Gasteiger partial charge in [-0.05, 0) is 41.0 Å². The van der Waals surface area contributed by atoms with Crippen molar-refractivity contribution in [1.82, 2.24) is 10.2 Å². The summed E-state index contributed by atoms with van der Waals surface area (Å²) in [5, 5.41) is 12.2. The Morgan fingerprint density at radius 1 is 1.12 bits per heavy atom. The van der Waals surface area contributed by atoms with Crippen LogP contribution < -0.4 is 5.32 Å². The number of carbonyl (C=O) groups is 3. The average molecular weight is 449 g/mol. The van der Waals surface area contributed by atoms with Crippen LogP contribution in [-0.4, -0.2) is 53.7 Å². The van der Waals surface area contributed by atoms with Gasteiger partial charge in [0.05, 0.1) is 5.41 Å². The van der Waals surface area contributed by atoms with Crippen molar-refractivity contribution in [2.24, 2.45) is 11.3 Å². The van der Waals surface area contributed by atoms with Crippen LogP contribution in [0.3, 0.4) is 0 Å². The Kier molecular flexibility index (Phi) is 5.35. The van der Waals surface area contributed by atoms with E-state index in [2.05, 4.69) is 29.6 Å². The second-order valence-electron chi connectivity index (χ2n) is 9.42.